The van der Waals surface area contributed by atoms with E-state index in [9.17, 15) is 4.79 Å². The van der Waals surface area contributed by atoms with E-state index in [1.165, 1.54) is 12.8 Å². The van der Waals surface area contributed by atoms with Crippen molar-refractivity contribution in [2.75, 3.05) is 0 Å². The molecule has 1 nitrogen and oxygen atoms in total. The maximum absolute atomic E-state index is 12.1. The highest BCUT2D eigenvalue weighted by Crippen LogP contribution is 2.27. The second kappa shape index (κ2) is 7.56. The van der Waals surface area contributed by atoms with Gasteiger partial charge in [-0.05, 0) is 61.5 Å². The fraction of sp³-hybridized carbons (Fsp3) is 0.706. The lowest BCUT2D eigenvalue weighted by Crippen LogP contribution is -1.96. The largest absolute Gasteiger partial charge is 0.289 e. The summed E-state index contributed by atoms with van der Waals surface area (Å²) < 4.78 is 0. The minimum atomic E-state index is 0.322. The van der Waals surface area contributed by atoms with E-state index in [-0.39, 0.29) is 0 Å². The van der Waals surface area contributed by atoms with Crippen LogP contribution in [-0.4, -0.2) is 5.78 Å². The van der Waals surface area contributed by atoms with Crippen LogP contribution in [0.3, 0.4) is 0 Å². The van der Waals surface area contributed by atoms with E-state index in [2.05, 4.69) is 39.8 Å². The standard InChI is InChI=1S/C17H28O/c1-13(2)7-5-9-15-11-12-16(17(15)18)10-6-8-14(3)4/h9-10,13-14H,5-8,11-12H2,1-4H3. The third-order valence-corrected chi connectivity index (χ3v) is 3.52. The highest BCUT2D eigenvalue weighted by Gasteiger charge is 2.22. The monoisotopic (exact) mass is 248 g/mol. The van der Waals surface area contributed by atoms with E-state index >= 15 is 0 Å². The average Bonchev–Trinajstić information content (AvgIpc) is 2.60. The van der Waals surface area contributed by atoms with Crippen LogP contribution in [0.4, 0.5) is 0 Å². The zero-order valence-electron chi connectivity index (χ0n) is 12.5. The second-order valence-corrected chi connectivity index (χ2v) is 6.23. The first kappa shape index (κ1) is 15.2. The van der Waals surface area contributed by atoms with Crippen LogP contribution in [0.15, 0.2) is 23.3 Å². The Hall–Kier alpha value is -0.850. The predicted octanol–water partition coefficient (Wildman–Crippen LogP) is 5.07. The Bertz CT molecular complexity index is 300. The summed E-state index contributed by atoms with van der Waals surface area (Å²) in [5.41, 5.74) is 2.12. The van der Waals surface area contributed by atoms with Crippen molar-refractivity contribution in [1.29, 1.82) is 0 Å². The number of carbonyl (C=O) groups excluding carboxylic acids is 1. The smallest absolute Gasteiger partial charge is 0.184 e. The number of Topliss-reactive ketones (excluding diaryl/α,β-unsaturated/α-hetero) is 1. The number of carbonyl (C=O) groups is 1. The van der Waals surface area contributed by atoms with Gasteiger partial charge < -0.3 is 0 Å². The molecule has 0 aliphatic heterocycles. The van der Waals surface area contributed by atoms with Crippen molar-refractivity contribution in [3.05, 3.63) is 23.3 Å². The summed E-state index contributed by atoms with van der Waals surface area (Å²) in [7, 11) is 0. The summed E-state index contributed by atoms with van der Waals surface area (Å²) in [4.78, 5) is 12.1. The van der Waals surface area contributed by atoms with E-state index in [4.69, 9.17) is 0 Å². The summed E-state index contributed by atoms with van der Waals surface area (Å²) >= 11 is 0. The average molecular weight is 248 g/mol. The maximum Gasteiger partial charge on any atom is 0.184 e. The van der Waals surface area contributed by atoms with E-state index in [1.807, 2.05) is 0 Å². The molecule has 102 valence electrons. The molecule has 0 aromatic carbocycles. The van der Waals surface area contributed by atoms with E-state index < -0.39 is 0 Å². The van der Waals surface area contributed by atoms with Crippen LogP contribution in [-0.2, 0) is 4.79 Å². The predicted molar refractivity (Wildman–Crippen MR) is 78.6 cm³/mol. The molecule has 1 aliphatic carbocycles. The Morgan fingerprint density at radius 1 is 0.889 bits per heavy atom. The van der Waals surface area contributed by atoms with E-state index in [0.717, 1.165) is 48.7 Å². The number of hydrogen-bond donors (Lipinski definition) is 0. The summed E-state index contributed by atoms with van der Waals surface area (Å²) in [6.45, 7) is 8.91. The third kappa shape index (κ3) is 5.20. The zero-order chi connectivity index (χ0) is 13.5. The molecular weight excluding hydrogens is 220 g/mol. The summed E-state index contributed by atoms with van der Waals surface area (Å²) in [5.74, 6) is 1.77. The number of allylic oxidation sites excluding steroid dienone is 4. The van der Waals surface area contributed by atoms with E-state index in [1.54, 1.807) is 0 Å². The first-order chi connectivity index (χ1) is 8.50. The lowest BCUT2D eigenvalue weighted by atomic mass is 10.0. The molecular formula is C17H28O. The van der Waals surface area contributed by atoms with E-state index in [0.29, 0.717) is 5.78 Å². The first-order valence-electron chi connectivity index (χ1n) is 7.43. The molecule has 0 spiro atoms. The normalized spacial score (nSPS) is 20.9. The highest BCUT2D eigenvalue weighted by molar-refractivity contribution is 6.10. The fourth-order valence-corrected chi connectivity index (χ4v) is 2.27. The topological polar surface area (TPSA) is 17.1 Å². The first-order valence-corrected chi connectivity index (χ1v) is 7.43. The van der Waals surface area contributed by atoms with Gasteiger partial charge in [-0.1, -0.05) is 39.8 Å². The molecule has 1 heteroatoms. The van der Waals surface area contributed by atoms with Gasteiger partial charge in [0, 0.05) is 0 Å². The number of ketones is 1. The quantitative estimate of drug-likeness (QED) is 0.599. The van der Waals surface area contributed by atoms with Crippen LogP contribution in [0.1, 0.15) is 66.2 Å². The van der Waals surface area contributed by atoms with Crippen LogP contribution in [0, 0.1) is 11.8 Å². The molecule has 0 radical (unpaired) electrons. The van der Waals surface area contributed by atoms with Gasteiger partial charge in [0.1, 0.15) is 0 Å². The highest BCUT2D eigenvalue weighted by atomic mass is 16.1. The van der Waals surface area contributed by atoms with Gasteiger partial charge in [0.15, 0.2) is 5.78 Å². The van der Waals surface area contributed by atoms with Crippen molar-refractivity contribution in [1.82, 2.24) is 0 Å². The van der Waals surface area contributed by atoms with Crippen molar-refractivity contribution in [3.63, 3.8) is 0 Å². The van der Waals surface area contributed by atoms with Crippen molar-refractivity contribution in [3.8, 4) is 0 Å². The number of rotatable bonds is 6. The van der Waals surface area contributed by atoms with Gasteiger partial charge in [-0.25, -0.2) is 0 Å². The molecule has 0 aromatic heterocycles. The van der Waals surface area contributed by atoms with Gasteiger partial charge in [-0.15, -0.1) is 0 Å². The van der Waals surface area contributed by atoms with Gasteiger partial charge >= 0.3 is 0 Å². The molecule has 0 aromatic rings. The molecule has 0 amide bonds. The lowest BCUT2D eigenvalue weighted by Gasteiger charge is -2.01. The van der Waals surface area contributed by atoms with Gasteiger partial charge in [-0.2, -0.15) is 0 Å². The Balaban J connectivity index is 2.46. The lowest BCUT2D eigenvalue weighted by molar-refractivity contribution is -0.111. The zero-order valence-corrected chi connectivity index (χ0v) is 12.5. The number of hydrogen-bond acceptors (Lipinski definition) is 1. The molecule has 0 N–H and O–H groups in total. The Morgan fingerprint density at radius 2 is 1.28 bits per heavy atom. The van der Waals surface area contributed by atoms with Crippen LogP contribution in [0.2, 0.25) is 0 Å². The van der Waals surface area contributed by atoms with Gasteiger partial charge in [0.2, 0.25) is 0 Å². The van der Waals surface area contributed by atoms with Gasteiger partial charge in [0.25, 0.3) is 0 Å². The Kier molecular flexibility index (Phi) is 6.38. The second-order valence-electron chi connectivity index (χ2n) is 6.23. The molecule has 18 heavy (non-hydrogen) atoms. The molecule has 0 heterocycles. The maximum atomic E-state index is 12.1. The van der Waals surface area contributed by atoms with Crippen LogP contribution in [0.5, 0.6) is 0 Å². The third-order valence-electron chi connectivity index (χ3n) is 3.52. The summed E-state index contributed by atoms with van der Waals surface area (Å²) in [5, 5.41) is 0. The molecule has 1 fully saturated rings. The minimum absolute atomic E-state index is 0.322. The molecule has 0 unspecified atom stereocenters. The minimum Gasteiger partial charge on any atom is -0.289 e. The summed E-state index contributed by atoms with van der Waals surface area (Å²) in [6, 6.07) is 0. The Labute approximate surface area is 112 Å². The summed E-state index contributed by atoms with van der Waals surface area (Å²) in [6.07, 6.45) is 10.7. The van der Waals surface area contributed by atoms with Crippen LogP contribution >= 0.6 is 0 Å². The molecule has 0 saturated heterocycles. The Morgan fingerprint density at radius 3 is 1.61 bits per heavy atom. The van der Waals surface area contributed by atoms with Crippen molar-refractivity contribution in [2.24, 2.45) is 11.8 Å². The van der Waals surface area contributed by atoms with Crippen molar-refractivity contribution in [2.45, 2.75) is 66.2 Å². The molecule has 1 aliphatic rings. The van der Waals surface area contributed by atoms with Crippen molar-refractivity contribution < 1.29 is 4.79 Å². The molecule has 1 rings (SSSR count). The van der Waals surface area contributed by atoms with Gasteiger partial charge in [-0.3, -0.25) is 4.79 Å². The van der Waals surface area contributed by atoms with Crippen LogP contribution in [0.25, 0.3) is 0 Å². The van der Waals surface area contributed by atoms with Crippen LogP contribution < -0.4 is 0 Å². The molecule has 0 atom stereocenters. The van der Waals surface area contributed by atoms with Gasteiger partial charge in [0.05, 0.1) is 0 Å². The fourth-order valence-electron chi connectivity index (χ4n) is 2.27. The van der Waals surface area contributed by atoms with Crippen molar-refractivity contribution >= 4 is 5.78 Å². The molecule has 1 saturated carbocycles. The molecule has 0 bridgehead atoms. The SMILES string of the molecule is CC(C)CCC=C1CCC(=CCCC(C)C)C1=O.